The number of carbonyl (C=O) groups excluding carboxylic acids is 1. The van der Waals surface area contributed by atoms with Crippen LogP contribution >= 0.6 is 11.8 Å². The van der Waals surface area contributed by atoms with E-state index >= 15 is 0 Å². The smallest absolute Gasteiger partial charge is 0.297 e. The van der Waals surface area contributed by atoms with Crippen LogP contribution in [0.4, 0.5) is 0 Å². The third-order valence-electron chi connectivity index (χ3n) is 5.81. The molecule has 1 amide bonds. The summed E-state index contributed by atoms with van der Waals surface area (Å²) < 4.78 is 18.4. The zero-order valence-electron chi connectivity index (χ0n) is 18.8. The Morgan fingerprint density at radius 3 is 2.97 bits per heavy atom. The number of thioether (sulfide) groups is 1. The topological polar surface area (TPSA) is 95.6 Å². The van der Waals surface area contributed by atoms with E-state index in [1.165, 1.54) is 11.8 Å². The molecule has 3 heterocycles. The lowest BCUT2D eigenvalue weighted by Crippen LogP contribution is -2.29. The molecule has 1 saturated heterocycles. The van der Waals surface area contributed by atoms with Gasteiger partial charge in [-0.3, -0.25) is 14.2 Å². The van der Waals surface area contributed by atoms with E-state index in [1.54, 1.807) is 11.7 Å². The van der Waals surface area contributed by atoms with E-state index in [1.807, 2.05) is 48.5 Å². The van der Waals surface area contributed by atoms with Gasteiger partial charge in [-0.05, 0) is 42.7 Å². The minimum Gasteiger partial charge on any atom is -0.497 e. The van der Waals surface area contributed by atoms with Crippen molar-refractivity contribution < 1.29 is 18.7 Å². The summed E-state index contributed by atoms with van der Waals surface area (Å²) in [5, 5.41) is 4.18. The molecular formula is C25H25N3O5S. The second-order valence-electron chi connectivity index (χ2n) is 8.14. The molecule has 0 spiro atoms. The van der Waals surface area contributed by atoms with Gasteiger partial charge in [-0.25, -0.2) is 4.98 Å². The third-order valence-corrected chi connectivity index (χ3v) is 6.79. The number of nitrogens with one attached hydrogen (secondary N) is 1. The highest BCUT2D eigenvalue weighted by molar-refractivity contribution is 7.99. The number of aromatic nitrogens is 2. The summed E-state index contributed by atoms with van der Waals surface area (Å²) in [6, 6.07) is 15.0. The molecule has 9 heteroatoms. The molecule has 1 aliphatic rings. The Morgan fingerprint density at radius 1 is 1.26 bits per heavy atom. The fraction of sp³-hybridized carbons (Fsp3) is 0.320. The molecule has 0 bridgehead atoms. The van der Waals surface area contributed by atoms with Crippen molar-refractivity contribution in [3.63, 3.8) is 0 Å². The van der Waals surface area contributed by atoms with E-state index in [9.17, 15) is 9.59 Å². The van der Waals surface area contributed by atoms with Crippen LogP contribution in [-0.4, -0.2) is 41.0 Å². The Bertz CT molecular complexity index is 1390. The second-order valence-corrected chi connectivity index (χ2v) is 9.08. The fourth-order valence-corrected chi connectivity index (χ4v) is 4.91. The van der Waals surface area contributed by atoms with E-state index in [0.717, 1.165) is 29.5 Å². The van der Waals surface area contributed by atoms with Crippen molar-refractivity contribution >= 4 is 39.7 Å². The normalized spacial score (nSPS) is 15.7. The van der Waals surface area contributed by atoms with Crippen LogP contribution in [0, 0.1) is 0 Å². The number of para-hydroxylation sites is 1. The van der Waals surface area contributed by atoms with Gasteiger partial charge in [0.1, 0.15) is 16.8 Å². The number of hydrogen-bond donors (Lipinski definition) is 1. The van der Waals surface area contributed by atoms with Gasteiger partial charge in [0.15, 0.2) is 5.16 Å². The number of fused-ring (bicyclic) bond motifs is 3. The predicted octanol–water partition coefficient (Wildman–Crippen LogP) is 3.74. The van der Waals surface area contributed by atoms with Crippen molar-refractivity contribution in [2.24, 2.45) is 0 Å². The van der Waals surface area contributed by atoms with Crippen molar-refractivity contribution in [1.82, 2.24) is 14.9 Å². The summed E-state index contributed by atoms with van der Waals surface area (Å²) in [5.41, 5.74) is 2.05. The number of methoxy groups -OCH3 is 1. The minimum atomic E-state index is -0.254. The van der Waals surface area contributed by atoms with Crippen LogP contribution in [0.2, 0.25) is 0 Å². The Kier molecular flexibility index (Phi) is 6.55. The summed E-state index contributed by atoms with van der Waals surface area (Å²) in [7, 11) is 1.61. The number of nitrogens with zero attached hydrogens (tertiary/aromatic N) is 2. The molecule has 1 atom stereocenters. The number of amides is 1. The van der Waals surface area contributed by atoms with Crippen molar-refractivity contribution in [2.45, 2.75) is 37.2 Å². The van der Waals surface area contributed by atoms with Crippen molar-refractivity contribution in [2.75, 3.05) is 19.5 Å². The molecule has 0 radical (unpaired) electrons. The molecular weight excluding hydrogens is 454 g/mol. The fourth-order valence-electron chi connectivity index (χ4n) is 4.08. The van der Waals surface area contributed by atoms with E-state index < -0.39 is 0 Å². The van der Waals surface area contributed by atoms with Gasteiger partial charge < -0.3 is 19.2 Å². The highest BCUT2D eigenvalue weighted by Crippen LogP contribution is 2.28. The maximum absolute atomic E-state index is 13.4. The SMILES string of the molecule is COc1cccc(CNC(=O)CSc2nc3c(oc4ccccc43)c(=O)n2C[C@H]2CCCO2)c1. The number of furan rings is 1. The molecule has 4 aromatic rings. The number of benzene rings is 2. The van der Waals surface area contributed by atoms with Gasteiger partial charge >= 0.3 is 0 Å². The molecule has 176 valence electrons. The average Bonchev–Trinajstić information content (AvgIpc) is 3.51. The monoisotopic (exact) mass is 479 g/mol. The highest BCUT2D eigenvalue weighted by atomic mass is 32.2. The van der Waals surface area contributed by atoms with Gasteiger partial charge in [-0.1, -0.05) is 36.0 Å². The average molecular weight is 480 g/mol. The summed E-state index contributed by atoms with van der Waals surface area (Å²) in [4.78, 5) is 30.7. The molecule has 0 unspecified atom stereocenters. The Labute approximate surface area is 200 Å². The van der Waals surface area contributed by atoms with Gasteiger partial charge in [0.05, 0.1) is 25.5 Å². The molecule has 0 aliphatic carbocycles. The molecule has 5 rings (SSSR count). The first-order valence-electron chi connectivity index (χ1n) is 11.2. The molecule has 0 saturated carbocycles. The van der Waals surface area contributed by atoms with E-state index in [4.69, 9.17) is 18.9 Å². The minimum absolute atomic E-state index is 0.0532. The number of carbonyl (C=O) groups is 1. The van der Waals surface area contributed by atoms with Crippen LogP contribution in [0.15, 0.2) is 62.9 Å². The Morgan fingerprint density at radius 2 is 2.15 bits per heavy atom. The Balaban J connectivity index is 1.38. The highest BCUT2D eigenvalue weighted by Gasteiger charge is 2.23. The molecule has 1 fully saturated rings. The lowest BCUT2D eigenvalue weighted by Gasteiger charge is -2.15. The van der Waals surface area contributed by atoms with Crippen molar-refractivity contribution in [3.8, 4) is 5.75 Å². The third kappa shape index (κ3) is 4.67. The largest absolute Gasteiger partial charge is 0.497 e. The molecule has 8 nitrogen and oxygen atoms in total. The van der Waals surface area contributed by atoms with Gasteiger partial charge in [-0.15, -0.1) is 0 Å². The lowest BCUT2D eigenvalue weighted by atomic mass is 10.2. The zero-order valence-corrected chi connectivity index (χ0v) is 19.6. The first kappa shape index (κ1) is 22.5. The van der Waals surface area contributed by atoms with Crippen LogP contribution in [0.1, 0.15) is 18.4 Å². The van der Waals surface area contributed by atoms with Gasteiger partial charge in [0, 0.05) is 18.5 Å². The molecule has 2 aromatic carbocycles. The van der Waals surface area contributed by atoms with Crippen LogP contribution in [-0.2, 0) is 22.6 Å². The molecule has 2 aromatic heterocycles. The zero-order chi connectivity index (χ0) is 23.5. The number of hydrogen-bond acceptors (Lipinski definition) is 7. The van der Waals surface area contributed by atoms with Crippen LogP contribution in [0.5, 0.6) is 5.75 Å². The van der Waals surface area contributed by atoms with Gasteiger partial charge in [0.2, 0.25) is 11.5 Å². The standard InChI is InChI=1S/C25H25N3O5S/c1-31-17-7-4-6-16(12-17)13-26-21(29)15-34-25-27-22-19-9-2-3-10-20(19)33-23(22)24(30)28(25)14-18-8-5-11-32-18/h2-4,6-7,9-10,12,18H,5,8,11,13-15H2,1H3,(H,26,29)/t18-/m1/s1. The molecule has 1 aliphatic heterocycles. The first-order valence-corrected chi connectivity index (χ1v) is 12.2. The predicted molar refractivity (Wildman–Crippen MR) is 130 cm³/mol. The van der Waals surface area contributed by atoms with Crippen LogP contribution in [0.3, 0.4) is 0 Å². The molecule has 1 N–H and O–H groups in total. The van der Waals surface area contributed by atoms with E-state index in [2.05, 4.69) is 5.32 Å². The number of rotatable bonds is 8. The quantitative estimate of drug-likeness (QED) is 0.304. The lowest BCUT2D eigenvalue weighted by molar-refractivity contribution is -0.118. The van der Waals surface area contributed by atoms with Gasteiger partial charge in [-0.2, -0.15) is 0 Å². The summed E-state index contributed by atoms with van der Waals surface area (Å²) >= 11 is 1.24. The van der Waals surface area contributed by atoms with E-state index in [0.29, 0.717) is 36.0 Å². The van der Waals surface area contributed by atoms with Crippen LogP contribution in [0.25, 0.3) is 22.1 Å². The summed E-state index contributed by atoms with van der Waals surface area (Å²) in [5.74, 6) is 0.718. The molecule has 34 heavy (non-hydrogen) atoms. The second kappa shape index (κ2) is 9.90. The maximum Gasteiger partial charge on any atom is 0.297 e. The Hall–Kier alpha value is -3.30. The maximum atomic E-state index is 13.4. The summed E-state index contributed by atoms with van der Waals surface area (Å²) in [6.45, 7) is 1.46. The van der Waals surface area contributed by atoms with Crippen molar-refractivity contribution in [1.29, 1.82) is 0 Å². The van der Waals surface area contributed by atoms with Crippen LogP contribution < -0.4 is 15.6 Å². The van der Waals surface area contributed by atoms with Crippen molar-refractivity contribution in [3.05, 3.63) is 64.4 Å². The first-order chi connectivity index (χ1) is 16.6. The number of ether oxygens (including phenoxy) is 2. The van der Waals surface area contributed by atoms with Gasteiger partial charge in [0.25, 0.3) is 5.56 Å². The summed E-state index contributed by atoms with van der Waals surface area (Å²) in [6.07, 6.45) is 1.80. The van der Waals surface area contributed by atoms with E-state index in [-0.39, 0.29) is 28.9 Å².